The van der Waals surface area contributed by atoms with Crippen molar-refractivity contribution < 1.29 is 10.0 Å². The summed E-state index contributed by atoms with van der Waals surface area (Å²) in [6.07, 6.45) is 3.35. The number of benzene rings is 1. The Bertz CT molecular complexity index is 920. The van der Waals surface area contributed by atoms with Crippen LogP contribution in [0.1, 0.15) is 5.56 Å². The van der Waals surface area contributed by atoms with Gasteiger partial charge >= 0.3 is 0 Å². The van der Waals surface area contributed by atoms with Gasteiger partial charge < -0.3 is 15.7 Å². The fourth-order valence-electron chi connectivity index (χ4n) is 2.43. The summed E-state index contributed by atoms with van der Waals surface area (Å²) in [6.45, 7) is 0.650. The van der Waals surface area contributed by atoms with E-state index in [1.54, 1.807) is 30.6 Å². The van der Waals surface area contributed by atoms with E-state index < -0.39 is 4.92 Å². The number of pyridine rings is 1. The molecule has 3 rings (SSSR count). The molecular formula is C18H18N6O3. The lowest BCUT2D eigenvalue weighted by molar-refractivity contribution is -0.384. The number of hydrogen-bond donors (Lipinski definition) is 3. The van der Waals surface area contributed by atoms with Gasteiger partial charge in [-0.2, -0.15) is 4.98 Å². The molecule has 0 amide bonds. The zero-order chi connectivity index (χ0) is 19.1. The second-order valence-corrected chi connectivity index (χ2v) is 5.63. The molecule has 0 radical (unpaired) electrons. The Hall–Kier alpha value is -3.59. The van der Waals surface area contributed by atoms with Gasteiger partial charge in [-0.15, -0.1) is 0 Å². The van der Waals surface area contributed by atoms with E-state index in [-0.39, 0.29) is 12.3 Å². The van der Waals surface area contributed by atoms with Gasteiger partial charge in [0.2, 0.25) is 5.95 Å². The Labute approximate surface area is 155 Å². The van der Waals surface area contributed by atoms with Gasteiger partial charge in [0.15, 0.2) is 0 Å². The first kappa shape index (κ1) is 18.2. The number of nitro groups is 1. The lowest BCUT2D eigenvalue weighted by atomic mass is 10.2. The molecule has 27 heavy (non-hydrogen) atoms. The van der Waals surface area contributed by atoms with Crippen LogP contribution in [0, 0.1) is 10.1 Å². The van der Waals surface area contributed by atoms with Crippen LogP contribution in [0.2, 0.25) is 0 Å². The van der Waals surface area contributed by atoms with Crippen LogP contribution in [0.4, 0.5) is 17.5 Å². The van der Waals surface area contributed by atoms with Crippen molar-refractivity contribution in [2.45, 2.75) is 6.54 Å². The van der Waals surface area contributed by atoms with E-state index in [0.29, 0.717) is 30.5 Å². The highest BCUT2D eigenvalue weighted by molar-refractivity contribution is 5.64. The summed E-state index contributed by atoms with van der Waals surface area (Å²) in [6, 6.07) is 11.9. The van der Waals surface area contributed by atoms with Gasteiger partial charge in [0, 0.05) is 49.2 Å². The highest BCUT2D eigenvalue weighted by Crippen LogP contribution is 2.21. The third-order valence-corrected chi connectivity index (χ3v) is 3.69. The fourth-order valence-corrected chi connectivity index (χ4v) is 2.43. The summed E-state index contributed by atoms with van der Waals surface area (Å²) < 4.78 is 0. The third kappa shape index (κ3) is 4.95. The van der Waals surface area contributed by atoms with Crippen LogP contribution in [0.15, 0.2) is 54.9 Å². The summed E-state index contributed by atoms with van der Waals surface area (Å²) in [4.78, 5) is 23.3. The minimum atomic E-state index is -0.424. The highest BCUT2D eigenvalue weighted by atomic mass is 16.6. The molecule has 0 aliphatic rings. The minimum absolute atomic E-state index is 0.0414. The van der Waals surface area contributed by atoms with E-state index in [1.807, 2.05) is 12.1 Å². The Morgan fingerprint density at radius 1 is 1.07 bits per heavy atom. The summed E-state index contributed by atoms with van der Waals surface area (Å²) in [5.74, 6) is 0.934. The Morgan fingerprint density at radius 2 is 1.89 bits per heavy atom. The van der Waals surface area contributed by atoms with Crippen LogP contribution in [-0.2, 0) is 6.54 Å². The van der Waals surface area contributed by atoms with Crippen LogP contribution < -0.4 is 10.6 Å². The number of nitrogens with one attached hydrogen (secondary N) is 2. The van der Waals surface area contributed by atoms with Gasteiger partial charge in [0.05, 0.1) is 17.2 Å². The highest BCUT2D eigenvalue weighted by Gasteiger charge is 2.09. The molecule has 3 N–H and O–H groups in total. The number of nitrogens with zero attached hydrogens (tertiary/aromatic N) is 4. The van der Waals surface area contributed by atoms with Crippen molar-refractivity contribution in [3.8, 4) is 11.3 Å². The first-order valence-electron chi connectivity index (χ1n) is 8.27. The van der Waals surface area contributed by atoms with Crippen LogP contribution in [-0.4, -0.2) is 38.1 Å². The van der Waals surface area contributed by atoms with E-state index in [9.17, 15) is 10.1 Å². The number of aliphatic hydroxyl groups excluding tert-OH is 1. The molecular weight excluding hydrogens is 348 g/mol. The maximum Gasteiger partial charge on any atom is 0.269 e. The summed E-state index contributed by atoms with van der Waals surface area (Å²) in [7, 11) is 0. The molecule has 2 aromatic heterocycles. The summed E-state index contributed by atoms with van der Waals surface area (Å²) in [5, 5.41) is 26.0. The second-order valence-electron chi connectivity index (χ2n) is 5.63. The first-order chi connectivity index (χ1) is 13.2. The summed E-state index contributed by atoms with van der Waals surface area (Å²) in [5.41, 5.74) is 2.37. The number of aliphatic hydroxyl groups is 1. The van der Waals surface area contributed by atoms with E-state index in [1.165, 1.54) is 12.1 Å². The molecule has 0 unspecified atom stereocenters. The predicted molar refractivity (Wildman–Crippen MR) is 101 cm³/mol. The van der Waals surface area contributed by atoms with Crippen LogP contribution in [0.25, 0.3) is 11.3 Å². The fraction of sp³-hybridized carbons (Fsp3) is 0.167. The van der Waals surface area contributed by atoms with E-state index in [0.717, 1.165) is 11.1 Å². The molecule has 0 saturated heterocycles. The topological polar surface area (TPSA) is 126 Å². The largest absolute Gasteiger partial charge is 0.395 e. The van der Waals surface area contributed by atoms with Gasteiger partial charge in [-0.05, 0) is 17.7 Å². The first-order valence-corrected chi connectivity index (χ1v) is 8.27. The van der Waals surface area contributed by atoms with Gasteiger partial charge in [0.1, 0.15) is 5.82 Å². The van der Waals surface area contributed by atoms with Crippen LogP contribution >= 0.6 is 0 Å². The van der Waals surface area contributed by atoms with Crippen molar-refractivity contribution in [3.05, 3.63) is 70.5 Å². The maximum absolute atomic E-state index is 10.9. The molecule has 9 nitrogen and oxygen atoms in total. The third-order valence-electron chi connectivity index (χ3n) is 3.69. The van der Waals surface area contributed by atoms with Crippen molar-refractivity contribution in [2.24, 2.45) is 0 Å². The van der Waals surface area contributed by atoms with Crippen molar-refractivity contribution in [1.29, 1.82) is 0 Å². The molecule has 0 spiro atoms. The number of anilines is 2. The molecule has 9 heteroatoms. The quantitative estimate of drug-likeness (QED) is 0.410. The van der Waals surface area contributed by atoms with E-state index in [4.69, 9.17) is 5.11 Å². The van der Waals surface area contributed by atoms with Gasteiger partial charge in [0.25, 0.3) is 5.69 Å². The molecule has 1 aromatic carbocycles. The van der Waals surface area contributed by atoms with Crippen molar-refractivity contribution in [3.63, 3.8) is 0 Å². The van der Waals surface area contributed by atoms with E-state index in [2.05, 4.69) is 25.6 Å². The average Bonchev–Trinajstić information content (AvgIpc) is 2.71. The van der Waals surface area contributed by atoms with Crippen molar-refractivity contribution >= 4 is 17.5 Å². The number of nitro benzene ring substituents is 1. The maximum atomic E-state index is 10.9. The lowest BCUT2D eigenvalue weighted by Crippen LogP contribution is -2.11. The molecule has 0 atom stereocenters. The zero-order valence-corrected chi connectivity index (χ0v) is 14.4. The van der Waals surface area contributed by atoms with Crippen molar-refractivity contribution in [2.75, 3.05) is 23.8 Å². The smallest absolute Gasteiger partial charge is 0.269 e. The number of aromatic nitrogens is 3. The second kappa shape index (κ2) is 8.68. The molecule has 0 bridgehead atoms. The molecule has 0 fully saturated rings. The normalized spacial score (nSPS) is 10.4. The molecule has 138 valence electrons. The average molecular weight is 366 g/mol. The van der Waals surface area contributed by atoms with E-state index >= 15 is 0 Å². The SMILES string of the molecule is O=[N+]([O-])c1cccc(CNc2cc(-c3ccncc3)nc(NCCO)n2)c1. The molecule has 0 saturated carbocycles. The van der Waals surface area contributed by atoms with Gasteiger partial charge in [-0.3, -0.25) is 15.1 Å². The minimum Gasteiger partial charge on any atom is -0.395 e. The molecule has 2 heterocycles. The van der Waals surface area contributed by atoms with Gasteiger partial charge in [-0.1, -0.05) is 12.1 Å². The Morgan fingerprint density at radius 3 is 2.63 bits per heavy atom. The van der Waals surface area contributed by atoms with Crippen molar-refractivity contribution in [1.82, 2.24) is 15.0 Å². The molecule has 0 aliphatic carbocycles. The lowest BCUT2D eigenvalue weighted by Gasteiger charge is -2.11. The van der Waals surface area contributed by atoms with Crippen LogP contribution in [0.5, 0.6) is 0 Å². The number of hydrogen-bond acceptors (Lipinski definition) is 8. The summed E-state index contributed by atoms with van der Waals surface area (Å²) >= 11 is 0. The monoisotopic (exact) mass is 366 g/mol. The zero-order valence-electron chi connectivity index (χ0n) is 14.4. The Kier molecular flexibility index (Phi) is 5.85. The van der Waals surface area contributed by atoms with Gasteiger partial charge in [-0.25, -0.2) is 4.98 Å². The number of rotatable bonds is 8. The standard InChI is InChI=1S/C18H18N6O3/c25-9-8-20-18-22-16(14-4-6-19-7-5-14)11-17(23-18)21-12-13-2-1-3-15(10-13)24(26)27/h1-7,10-11,25H,8-9,12H2,(H2,20,21,22,23). The predicted octanol–water partition coefficient (Wildman–Crippen LogP) is 2.46. The van der Waals surface area contributed by atoms with Crippen LogP contribution in [0.3, 0.4) is 0 Å². The Balaban J connectivity index is 1.83. The molecule has 3 aromatic rings. The number of non-ortho nitro benzene ring substituents is 1. The molecule has 0 aliphatic heterocycles.